The number of halogens is 2. The summed E-state index contributed by atoms with van der Waals surface area (Å²) < 4.78 is 0. The molecule has 3 heteroatoms. The maximum Gasteiger partial charge on any atom is 0.147 e. The van der Waals surface area contributed by atoms with Gasteiger partial charge in [0.2, 0.25) is 0 Å². The van der Waals surface area contributed by atoms with E-state index in [1.807, 2.05) is 6.08 Å². The van der Waals surface area contributed by atoms with Crippen molar-refractivity contribution < 1.29 is 4.79 Å². The highest BCUT2D eigenvalue weighted by molar-refractivity contribution is 6.24. The molecule has 0 aromatic carbocycles. The number of carbonyl (C=O) groups is 1. The summed E-state index contributed by atoms with van der Waals surface area (Å²) in [6, 6.07) is 0. The van der Waals surface area contributed by atoms with Gasteiger partial charge in [0.05, 0.1) is 5.38 Å². The molecular formula is C8H12Cl2O. The molecule has 1 nitrogen and oxygen atoms in total. The average molecular weight is 195 g/mol. The maximum atomic E-state index is 10.4. The van der Waals surface area contributed by atoms with E-state index in [0.29, 0.717) is 11.5 Å². The summed E-state index contributed by atoms with van der Waals surface area (Å²) in [4.78, 5) is 10.4. The van der Waals surface area contributed by atoms with E-state index < -0.39 is 0 Å². The van der Waals surface area contributed by atoms with Gasteiger partial charge in [-0.1, -0.05) is 6.08 Å². The lowest BCUT2D eigenvalue weighted by molar-refractivity contribution is -0.105. The van der Waals surface area contributed by atoms with Crippen LogP contribution in [0.4, 0.5) is 0 Å². The molecule has 0 saturated heterocycles. The Labute approximate surface area is 77.4 Å². The van der Waals surface area contributed by atoms with Crippen LogP contribution in [0.25, 0.3) is 0 Å². The van der Waals surface area contributed by atoms with E-state index in [2.05, 4.69) is 0 Å². The molecule has 0 N–H and O–H groups in total. The Hall–Kier alpha value is -0.0100. The summed E-state index contributed by atoms with van der Waals surface area (Å²) in [6.07, 6.45) is 4.36. The smallest absolute Gasteiger partial charge is 0.147 e. The van der Waals surface area contributed by atoms with Crippen molar-refractivity contribution in [2.45, 2.75) is 25.1 Å². The molecule has 0 aromatic rings. The van der Waals surface area contributed by atoms with Gasteiger partial charge in [-0.2, -0.15) is 0 Å². The molecule has 0 saturated carbocycles. The fraction of sp³-hybridized carbons (Fsp3) is 0.625. The van der Waals surface area contributed by atoms with E-state index in [-0.39, 0.29) is 5.38 Å². The van der Waals surface area contributed by atoms with Gasteiger partial charge < -0.3 is 0 Å². The van der Waals surface area contributed by atoms with Crippen molar-refractivity contribution in [1.29, 1.82) is 0 Å². The molecule has 1 unspecified atom stereocenters. The number of hydrogen-bond donors (Lipinski definition) is 0. The van der Waals surface area contributed by atoms with Crippen molar-refractivity contribution in [2.75, 3.05) is 5.88 Å². The maximum absolute atomic E-state index is 10.4. The first-order valence-electron chi connectivity index (χ1n) is 3.57. The van der Waals surface area contributed by atoms with Crippen LogP contribution < -0.4 is 0 Å². The molecule has 0 aliphatic rings. The molecule has 0 radical (unpaired) electrons. The lowest BCUT2D eigenvalue weighted by atomic mass is 10.1. The average Bonchev–Trinajstić information content (AvgIpc) is 1.97. The molecule has 11 heavy (non-hydrogen) atoms. The number of allylic oxidation sites excluding steroid dienone is 2. The zero-order valence-electron chi connectivity index (χ0n) is 6.52. The van der Waals surface area contributed by atoms with E-state index in [1.54, 1.807) is 6.92 Å². The third-order valence-corrected chi connectivity index (χ3v) is 1.83. The third kappa shape index (κ3) is 5.28. The molecule has 0 amide bonds. The van der Waals surface area contributed by atoms with Gasteiger partial charge >= 0.3 is 0 Å². The molecule has 0 aliphatic carbocycles. The number of aldehydes is 1. The fourth-order valence-electron chi connectivity index (χ4n) is 0.650. The van der Waals surface area contributed by atoms with Crippen LogP contribution in [0.5, 0.6) is 0 Å². The van der Waals surface area contributed by atoms with Crippen LogP contribution in [-0.2, 0) is 4.79 Å². The number of hydrogen-bond acceptors (Lipinski definition) is 1. The molecule has 0 aromatic heterocycles. The summed E-state index contributed by atoms with van der Waals surface area (Å²) in [5.41, 5.74) is 0.650. The van der Waals surface area contributed by atoms with Gasteiger partial charge in [0, 0.05) is 11.5 Å². The first-order chi connectivity index (χ1) is 5.22. The van der Waals surface area contributed by atoms with Gasteiger partial charge in [-0.15, -0.1) is 23.2 Å². The Morgan fingerprint density at radius 2 is 2.27 bits per heavy atom. The van der Waals surface area contributed by atoms with Gasteiger partial charge in [-0.25, -0.2) is 0 Å². The summed E-state index contributed by atoms with van der Waals surface area (Å²) in [5, 5.41) is -0.192. The summed E-state index contributed by atoms with van der Waals surface area (Å²) in [7, 11) is 0. The van der Waals surface area contributed by atoms with Gasteiger partial charge in [-0.3, -0.25) is 4.79 Å². The van der Waals surface area contributed by atoms with Crippen molar-refractivity contribution in [1.82, 2.24) is 0 Å². The van der Waals surface area contributed by atoms with Crippen LogP contribution in [0.1, 0.15) is 19.8 Å². The summed E-state index contributed by atoms with van der Waals surface area (Å²) >= 11 is 11.1. The molecule has 0 fully saturated rings. The Morgan fingerprint density at radius 3 is 2.64 bits per heavy atom. The lowest BCUT2D eigenvalue weighted by Gasteiger charge is -1.99. The minimum Gasteiger partial charge on any atom is -0.298 e. The summed E-state index contributed by atoms with van der Waals surface area (Å²) in [5.74, 6) is 0.624. The number of unbranched alkanes of at least 4 members (excludes halogenated alkanes) is 1. The van der Waals surface area contributed by atoms with Gasteiger partial charge in [0.25, 0.3) is 0 Å². The zero-order valence-corrected chi connectivity index (χ0v) is 8.03. The first-order valence-corrected chi connectivity index (χ1v) is 4.54. The largest absolute Gasteiger partial charge is 0.298 e. The minimum absolute atomic E-state index is 0.192. The number of alkyl halides is 2. The predicted molar refractivity (Wildman–Crippen MR) is 49.4 cm³/mol. The van der Waals surface area contributed by atoms with Crippen LogP contribution in [0.3, 0.4) is 0 Å². The van der Waals surface area contributed by atoms with Gasteiger partial charge in [0.1, 0.15) is 6.29 Å². The monoisotopic (exact) mass is 194 g/mol. The highest BCUT2D eigenvalue weighted by Crippen LogP contribution is 2.08. The van der Waals surface area contributed by atoms with Crippen molar-refractivity contribution in [3.63, 3.8) is 0 Å². The van der Waals surface area contributed by atoms with E-state index in [0.717, 1.165) is 19.1 Å². The Balaban J connectivity index is 3.81. The second-order valence-electron chi connectivity index (χ2n) is 2.27. The van der Waals surface area contributed by atoms with Gasteiger partial charge in [0.15, 0.2) is 0 Å². The Bertz CT molecular complexity index is 141. The highest BCUT2D eigenvalue weighted by atomic mass is 35.5. The molecule has 0 rings (SSSR count). The van der Waals surface area contributed by atoms with E-state index >= 15 is 0 Å². The lowest BCUT2D eigenvalue weighted by Crippen LogP contribution is -1.98. The van der Waals surface area contributed by atoms with Crippen LogP contribution >= 0.6 is 23.2 Å². The van der Waals surface area contributed by atoms with Crippen molar-refractivity contribution in [2.24, 2.45) is 0 Å². The topological polar surface area (TPSA) is 17.1 Å². The van der Waals surface area contributed by atoms with Crippen molar-refractivity contribution >= 4 is 29.5 Å². The second-order valence-corrected chi connectivity index (χ2v) is 3.30. The quantitative estimate of drug-likeness (QED) is 0.285. The number of rotatable bonds is 5. The van der Waals surface area contributed by atoms with Gasteiger partial charge in [-0.05, 0) is 19.8 Å². The predicted octanol–water partition coefficient (Wildman–Crippen LogP) is 2.76. The second kappa shape index (κ2) is 6.68. The van der Waals surface area contributed by atoms with Crippen molar-refractivity contribution in [3.05, 3.63) is 11.6 Å². The molecule has 0 aliphatic heterocycles. The van der Waals surface area contributed by atoms with Crippen molar-refractivity contribution in [3.8, 4) is 0 Å². The molecule has 0 bridgehead atoms. The highest BCUT2D eigenvalue weighted by Gasteiger charge is 2.01. The standard InChI is InChI=1S/C8H12Cl2O/c1-7(10)8(6-11)4-2-3-5-9/h4,6-7H,2-3,5H2,1H3/b8-4-. The number of carbonyl (C=O) groups excluding carboxylic acids is 1. The molecular weight excluding hydrogens is 183 g/mol. The van der Waals surface area contributed by atoms with E-state index in [1.165, 1.54) is 0 Å². The van der Waals surface area contributed by atoms with Crippen LogP contribution in [0, 0.1) is 0 Å². The molecule has 0 spiro atoms. The Kier molecular flexibility index (Phi) is 6.68. The summed E-state index contributed by atoms with van der Waals surface area (Å²) in [6.45, 7) is 1.78. The normalized spacial score (nSPS) is 14.6. The minimum atomic E-state index is -0.192. The van der Waals surface area contributed by atoms with E-state index in [4.69, 9.17) is 23.2 Å². The van der Waals surface area contributed by atoms with Crippen LogP contribution in [0.2, 0.25) is 0 Å². The van der Waals surface area contributed by atoms with E-state index in [9.17, 15) is 4.79 Å². The fourth-order valence-corrected chi connectivity index (χ4v) is 0.945. The van der Waals surface area contributed by atoms with Crippen LogP contribution in [0.15, 0.2) is 11.6 Å². The third-order valence-electron chi connectivity index (χ3n) is 1.31. The molecule has 0 heterocycles. The van der Waals surface area contributed by atoms with Crippen LogP contribution in [-0.4, -0.2) is 17.5 Å². The first kappa shape index (κ1) is 11.0. The molecule has 64 valence electrons. The molecule has 1 atom stereocenters. The zero-order chi connectivity index (χ0) is 8.69. The SMILES string of the molecule is CC(Cl)/C(C=O)=C\CCCCl. The Morgan fingerprint density at radius 1 is 1.64 bits per heavy atom.